The molecule has 2 aromatic carbocycles. The predicted molar refractivity (Wildman–Crippen MR) is 137 cm³/mol. The Labute approximate surface area is 203 Å². The Morgan fingerprint density at radius 2 is 1.79 bits per heavy atom. The van der Waals surface area contributed by atoms with E-state index in [0.717, 1.165) is 38.8 Å². The molecule has 4 aromatic rings. The highest BCUT2D eigenvalue weighted by molar-refractivity contribution is 7.17. The fourth-order valence-electron chi connectivity index (χ4n) is 3.83. The van der Waals surface area contributed by atoms with E-state index in [-0.39, 0.29) is 5.41 Å². The molecule has 0 spiro atoms. The first-order chi connectivity index (χ1) is 16.1. The second kappa shape index (κ2) is 9.06. The van der Waals surface area contributed by atoms with Gasteiger partial charge in [-0.15, -0.1) is 0 Å². The summed E-state index contributed by atoms with van der Waals surface area (Å²) in [6, 6.07) is 14.5. The maximum absolute atomic E-state index is 11.9. The van der Waals surface area contributed by atoms with Gasteiger partial charge in [0.15, 0.2) is 0 Å². The molecule has 0 fully saturated rings. The van der Waals surface area contributed by atoms with Crippen molar-refractivity contribution in [3.8, 4) is 11.3 Å². The van der Waals surface area contributed by atoms with Crippen molar-refractivity contribution in [2.24, 2.45) is 5.10 Å². The Bertz CT molecular complexity index is 1440. The third kappa shape index (κ3) is 4.75. The number of nitrogens with one attached hydrogen (secondary N) is 1. The van der Waals surface area contributed by atoms with Gasteiger partial charge < -0.3 is 9.15 Å². The monoisotopic (exact) mass is 475 g/mol. The summed E-state index contributed by atoms with van der Waals surface area (Å²) in [5, 5.41) is 6.81. The number of ether oxygens (including phenoxy) is 1. The number of aromatic nitrogens is 1. The molecule has 0 unspecified atom stereocenters. The van der Waals surface area contributed by atoms with Gasteiger partial charge in [0.2, 0.25) is 5.13 Å². The molecule has 0 atom stereocenters. The molecule has 4 rings (SSSR count). The average Bonchev–Trinajstić information content (AvgIpc) is 3.17. The molecule has 0 aliphatic carbocycles. The first-order valence-corrected chi connectivity index (χ1v) is 11.9. The highest BCUT2D eigenvalue weighted by Gasteiger charge is 2.16. The summed E-state index contributed by atoms with van der Waals surface area (Å²) in [6.07, 6.45) is 0. The summed E-state index contributed by atoms with van der Waals surface area (Å²) < 4.78 is 11.2. The molecule has 2 aromatic heterocycles. The van der Waals surface area contributed by atoms with Crippen molar-refractivity contribution in [3.05, 3.63) is 75.1 Å². The Morgan fingerprint density at radius 3 is 2.44 bits per heavy atom. The van der Waals surface area contributed by atoms with Crippen LogP contribution in [0, 0.1) is 20.8 Å². The van der Waals surface area contributed by atoms with Gasteiger partial charge in [-0.2, -0.15) is 5.10 Å². The van der Waals surface area contributed by atoms with Crippen LogP contribution in [0.15, 0.2) is 52.0 Å². The Kier molecular flexibility index (Phi) is 6.32. The molecule has 176 valence electrons. The first kappa shape index (κ1) is 23.7. The van der Waals surface area contributed by atoms with Gasteiger partial charge in [-0.3, -0.25) is 5.43 Å². The number of carbonyl (C=O) groups excluding carboxylic acids is 1. The average molecular weight is 476 g/mol. The lowest BCUT2D eigenvalue weighted by Gasteiger charge is -2.19. The molecule has 0 radical (unpaired) electrons. The van der Waals surface area contributed by atoms with Crippen LogP contribution in [-0.4, -0.2) is 18.1 Å². The van der Waals surface area contributed by atoms with E-state index in [0.29, 0.717) is 15.7 Å². The molecule has 0 amide bonds. The van der Waals surface area contributed by atoms with Gasteiger partial charge in [-0.05, 0) is 48.9 Å². The van der Waals surface area contributed by atoms with Gasteiger partial charge in [0.05, 0.1) is 18.2 Å². The number of esters is 1. The maximum atomic E-state index is 11.9. The highest BCUT2D eigenvalue weighted by atomic mass is 32.1. The van der Waals surface area contributed by atoms with Crippen molar-refractivity contribution in [1.82, 2.24) is 4.98 Å². The number of aryl methyl sites for hydroxylation is 3. The van der Waals surface area contributed by atoms with Crippen molar-refractivity contribution in [2.45, 2.75) is 47.0 Å². The van der Waals surface area contributed by atoms with E-state index in [9.17, 15) is 4.79 Å². The molecule has 2 heterocycles. The van der Waals surface area contributed by atoms with Gasteiger partial charge in [-0.25, -0.2) is 9.78 Å². The second-order valence-electron chi connectivity index (χ2n) is 9.43. The fourth-order valence-corrected chi connectivity index (χ4v) is 4.65. The summed E-state index contributed by atoms with van der Waals surface area (Å²) in [7, 11) is 1.36. The normalized spacial score (nSPS) is 12.3. The Hall–Kier alpha value is -3.45. The molecule has 34 heavy (non-hydrogen) atoms. The van der Waals surface area contributed by atoms with E-state index in [4.69, 9.17) is 9.15 Å². The van der Waals surface area contributed by atoms with Gasteiger partial charge in [-0.1, -0.05) is 62.4 Å². The molecule has 7 heteroatoms. The van der Waals surface area contributed by atoms with Crippen LogP contribution in [0.3, 0.4) is 0 Å². The van der Waals surface area contributed by atoms with Crippen LogP contribution in [0.1, 0.15) is 52.8 Å². The number of rotatable bonds is 4. The summed E-state index contributed by atoms with van der Waals surface area (Å²) in [6.45, 7) is 12.5. The van der Waals surface area contributed by atoms with E-state index < -0.39 is 5.97 Å². The van der Waals surface area contributed by atoms with Crippen molar-refractivity contribution in [2.75, 3.05) is 12.5 Å². The van der Waals surface area contributed by atoms with Gasteiger partial charge >= 0.3 is 5.97 Å². The largest absolute Gasteiger partial charge is 0.465 e. The Balaban J connectivity index is 1.83. The minimum Gasteiger partial charge on any atom is -0.465 e. The topological polar surface area (TPSA) is 76.7 Å². The van der Waals surface area contributed by atoms with Crippen LogP contribution in [0.2, 0.25) is 0 Å². The van der Waals surface area contributed by atoms with Gasteiger partial charge in [0.1, 0.15) is 16.2 Å². The molecular weight excluding hydrogens is 446 g/mol. The van der Waals surface area contributed by atoms with Crippen molar-refractivity contribution < 1.29 is 13.9 Å². The minimum absolute atomic E-state index is 0.0759. The SMILES string of the molecule is COC(=O)c1sc(N/N=c2\cc(-c3ccc(C(C)(C)C)cc3)oc3c(C)cc(C)cc23)nc1C. The first-order valence-electron chi connectivity index (χ1n) is 11.1. The van der Waals surface area contributed by atoms with E-state index in [1.807, 2.05) is 13.0 Å². The number of benzene rings is 2. The lowest BCUT2D eigenvalue weighted by molar-refractivity contribution is 0.0605. The third-order valence-electron chi connectivity index (χ3n) is 5.65. The number of thiazole rings is 1. The van der Waals surface area contributed by atoms with Crippen LogP contribution in [-0.2, 0) is 10.2 Å². The number of hydrogen-bond donors (Lipinski definition) is 1. The molecular formula is C27H29N3O3S. The third-order valence-corrected chi connectivity index (χ3v) is 6.69. The van der Waals surface area contributed by atoms with Crippen LogP contribution in [0.25, 0.3) is 22.3 Å². The van der Waals surface area contributed by atoms with Crippen molar-refractivity contribution in [1.29, 1.82) is 0 Å². The molecule has 1 N–H and O–H groups in total. The van der Waals surface area contributed by atoms with E-state index in [1.165, 1.54) is 24.0 Å². The number of hydrogen-bond acceptors (Lipinski definition) is 7. The fraction of sp³-hybridized carbons (Fsp3) is 0.296. The number of methoxy groups -OCH3 is 1. The highest BCUT2D eigenvalue weighted by Crippen LogP contribution is 2.29. The maximum Gasteiger partial charge on any atom is 0.350 e. The summed E-state index contributed by atoms with van der Waals surface area (Å²) >= 11 is 1.21. The molecule has 0 saturated heterocycles. The van der Waals surface area contributed by atoms with E-state index >= 15 is 0 Å². The smallest absolute Gasteiger partial charge is 0.350 e. The van der Waals surface area contributed by atoms with Gasteiger partial charge in [0.25, 0.3) is 0 Å². The summed E-state index contributed by atoms with van der Waals surface area (Å²) in [5.74, 6) is 0.324. The zero-order valence-electron chi connectivity index (χ0n) is 20.6. The molecule has 0 aliphatic rings. The predicted octanol–water partition coefficient (Wildman–Crippen LogP) is 6.49. The number of carbonyl (C=O) groups is 1. The quantitative estimate of drug-likeness (QED) is 0.269. The lowest BCUT2D eigenvalue weighted by atomic mass is 9.86. The molecule has 6 nitrogen and oxygen atoms in total. The number of fused-ring (bicyclic) bond motifs is 1. The van der Waals surface area contributed by atoms with Crippen LogP contribution < -0.4 is 10.8 Å². The van der Waals surface area contributed by atoms with Gasteiger partial charge in [0, 0.05) is 17.0 Å². The van der Waals surface area contributed by atoms with Crippen LogP contribution >= 0.6 is 11.3 Å². The summed E-state index contributed by atoms with van der Waals surface area (Å²) in [4.78, 5) is 16.8. The molecule has 0 aliphatic heterocycles. The minimum atomic E-state index is -0.403. The number of anilines is 1. The zero-order valence-corrected chi connectivity index (χ0v) is 21.4. The van der Waals surface area contributed by atoms with Crippen molar-refractivity contribution >= 4 is 33.4 Å². The standard InChI is InChI=1S/C27H29N3O3S/c1-15-12-16(2)23-20(13-15)21(29-30-26-28-17(3)24(34-26)25(31)32-7)14-22(33-23)18-8-10-19(11-9-18)27(4,5)6/h8-14H,1-7H3,(H,28,30)/b29-21+. The number of nitrogens with zero attached hydrogens (tertiary/aromatic N) is 2. The Morgan fingerprint density at radius 1 is 1.09 bits per heavy atom. The van der Waals surface area contributed by atoms with Crippen molar-refractivity contribution in [3.63, 3.8) is 0 Å². The van der Waals surface area contributed by atoms with Crippen LogP contribution in [0.4, 0.5) is 5.13 Å². The second-order valence-corrected chi connectivity index (χ2v) is 10.4. The zero-order chi connectivity index (χ0) is 24.6. The lowest BCUT2D eigenvalue weighted by Crippen LogP contribution is -2.10. The molecule has 0 saturated carbocycles. The summed E-state index contributed by atoms with van der Waals surface area (Å²) in [5.41, 5.74) is 8.89. The van der Waals surface area contributed by atoms with Crippen LogP contribution in [0.5, 0.6) is 0 Å². The van der Waals surface area contributed by atoms with E-state index in [2.05, 4.69) is 79.6 Å². The molecule has 0 bridgehead atoms. The van der Waals surface area contributed by atoms with E-state index in [1.54, 1.807) is 6.92 Å².